The van der Waals surface area contributed by atoms with Gasteiger partial charge in [0.05, 0.1) is 17.6 Å². The second-order valence-corrected chi connectivity index (χ2v) is 9.56. The molecule has 1 amide bonds. The van der Waals surface area contributed by atoms with Crippen LogP contribution in [0.1, 0.15) is 37.9 Å². The van der Waals surface area contributed by atoms with Gasteiger partial charge in [-0.25, -0.2) is 4.39 Å². The summed E-state index contributed by atoms with van der Waals surface area (Å²) in [4.78, 5) is 24.1. The number of aliphatic hydroxyl groups is 1. The van der Waals surface area contributed by atoms with Crippen molar-refractivity contribution in [3.63, 3.8) is 0 Å². The topological polar surface area (TPSA) is 59.9 Å². The largest absolute Gasteiger partial charge is 0.384 e. The summed E-state index contributed by atoms with van der Waals surface area (Å²) >= 11 is 0. The molecule has 0 spiro atoms. The number of benzene rings is 1. The summed E-state index contributed by atoms with van der Waals surface area (Å²) in [6.45, 7) is 7.77. The van der Waals surface area contributed by atoms with Crippen molar-refractivity contribution in [3.8, 4) is 0 Å². The molecular formula is C25H33FN4O2. The summed E-state index contributed by atoms with van der Waals surface area (Å²) in [5, 5.41) is 10.1. The minimum atomic E-state index is -1.02. The number of carbonyl (C=O) groups excluding carboxylic acids is 1. The number of hydrogen-bond donors (Lipinski definition) is 1. The summed E-state index contributed by atoms with van der Waals surface area (Å²) in [6.07, 6.45) is 3.88. The van der Waals surface area contributed by atoms with Gasteiger partial charge in [0.25, 0.3) is 0 Å². The van der Waals surface area contributed by atoms with Crippen LogP contribution in [0.25, 0.3) is 0 Å². The first-order valence-electron chi connectivity index (χ1n) is 11.4. The van der Waals surface area contributed by atoms with E-state index in [2.05, 4.69) is 21.8 Å². The van der Waals surface area contributed by atoms with E-state index in [1.165, 1.54) is 6.07 Å². The SMILES string of the molecule is CN1CCN(c2ccc(F)cc2CC2CCCN(c3ccc(C(C)(C)O)nc3)C2=O)CC1. The highest BCUT2D eigenvalue weighted by atomic mass is 19.1. The van der Waals surface area contributed by atoms with Crippen LogP contribution in [0.3, 0.4) is 0 Å². The molecule has 2 saturated heterocycles. The van der Waals surface area contributed by atoms with Gasteiger partial charge in [0.2, 0.25) is 5.91 Å². The van der Waals surface area contributed by atoms with Gasteiger partial charge < -0.3 is 19.8 Å². The lowest BCUT2D eigenvalue weighted by Crippen LogP contribution is -2.45. The number of aromatic nitrogens is 1. The Labute approximate surface area is 189 Å². The normalized spacial score (nSPS) is 20.7. The number of carbonyl (C=O) groups is 1. The van der Waals surface area contributed by atoms with Crippen molar-refractivity contribution in [1.29, 1.82) is 0 Å². The van der Waals surface area contributed by atoms with Crippen molar-refractivity contribution < 1.29 is 14.3 Å². The van der Waals surface area contributed by atoms with Crippen LogP contribution < -0.4 is 9.80 Å². The van der Waals surface area contributed by atoms with Crippen LogP contribution in [0, 0.1) is 11.7 Å². The summed E-state index contributed by atoms with van der Waals surface area (Å²) in [5.41, 5.74) is 2.24. The average Bonchev–Trinajstić information content (AvgIpc) is 2.76. The minimum Gasteiger partial charge on any atom is -0.384 e. The molecule has 6 nitrogen and oxygen atoms in total. The molecule has 172 valence electrons. The number of likely N-dealkylation sites (N-methyl/N-ethyl adjacent to an activating group) is 1. The van der Waals surface area contributed by atoms with Gasteiger partial charge in [0, 0.05) is 44.3 Å². The van der Waals surface area contributed by atoms with Crippen molar-refractivity contribution in [2.45, 2.75) is 38.7 Å². The van der Waals surface area contributed by atoms with Crippen molar-refractivity contribution in [2.24, 2.45) is 5.92 Å². The number of anilines is 2. The van der Waals surface area contributed by atoms with E-state index in [-0.39, 0.29) is 17.6 Å². The third-order valence-corrected chi connectivity index (χ3v) is 6.59. The number of nitrogens with zero attached hydrogens (tertiary/aromatic N) is 4. The Morgan fingerprint density at radius 1 is 1.12 bits per heavy atom. The molecule has 1 atom stereocenters. The molecule has 0 bridgehead atoms. The fourth-order valence-electron chi connectivity index (χ4n) is 4.64. The zero-order valence-corrected chi connectivity index (χ0v) is 19.2. The van der Waals surface area contributed by atoms with E-state index in [9.17, 15) is 14.3 Å². The van der Waals surface area contributed by atoms with E-state index in [1.54, 1.807) is 37.1 Å². The van der Waals surface area contributed by atoms with E-state index >= 15 is 0 Å². The Morgan fingerprint density at radius 2 is 1.88 bits per heavy atom. The first-order valence-corrected chi connectivity index (χ1v) is 11.4. The molecular weight excluding hydrogens is 407 g/mol. The van der Waals surface area contributed by atoms with E-state index in [0.717, 1.165) is 56.0 Å². The zero-order valence-electron chi connectivity index (χ0n) is 19.2. The maximum atomic E-state index is 14.2. The van der Waals surface area contributed by atoms with Gasteiger partial charge in [-0.1, -0.05) is 0 Å². The molecule has 32 heavy (non-hydrogen) atoms. The van der Waals surface area contributed by atoms with E-state index in [4.69, 9.17) is 0 Å². The lowest BCUT2D eigenvalue weighted by Gasteiger charge is -2.36. The number of amides is 1. The van der Waals surface area contributed by atoms with Gasteiger partial charge in [-0.2, -0.15) is 0 Å². The summed E-state index contributed by atoms with van der Waals surface area (Å²) in [7, 11) is 2.11. The molecule has 4 rings (SSSR count). The fraction of sp³-hybridized carbons (Fsp3) is 0.520. The highest BCUT2D eigenvalue weighted by molar-refractivity contribution is 5.95. The Balaban J connectivity index is 1.52. The van der Waals surface area contributed by atoms with E-state index < -0.39 is 5.60 Å². The Morgan fingerprint density at radius 3 is 2.53 bits per heavy atom. The van der Waals surface area contributed by atoms with Crippen molar-refractivity contribution in [3.05, 3.63) is 53.6 Å². The minimum absolute atomic E-state index is 0.0580. The van der Waals surface area contributed by atoms with Crippen LogP contribution in [0.2, 0.25) is 0 Å². The summed E-state index contributed by atoms with van der Waals surface area (Å²) in [5.74, 6) is -0.391. The smallest absolute Gasteiger partial charge is 0.230 e. The molecule has 0 aliphatic carbocycles. The lowest BCUT2D eigenvalue weighted by molar-refractivity contribution is -0.123. The average molecular weight is 441 g/mol. The fourth-order valence-corrected chi connectivity index (χ4v) is 4.64. The quantitative estimate of drug-likeness (QED) is 0.774. The Kier molecular flexibility index (Phi) is 6.49. The molecule has 1 aromatic heterocycles. The predicted molar refractivity (Wildman–Crippen MR) is 124 cm³/mol. The maximum absolute atomic E-state index is 14.2. The van der Waals surface area contributed by atoms with Crippen molar-refractivity contribution >= 4 is 17.3 Å². The number of halogens is 1. The zero-order chi connectivity index (χ0) is 22.9. The summed E-state index contributed by atoms with van der Waals surface area (Å²) < 4.78 is 14.2. The van der Waals surface area contributed by atoms with Crippen LogP contribution in [0.4, 0.5) is 15.8 Å². The van der Waals surface area contributed by atoms with Crippen LogP contribution in [-0.4, -0.2) is 60.7 Å². The summed E-state index contributed by atoms with van der Waals surface area (Å²) in [6, 6.07) is 8.59. The second-order valence-electron chi connectivity index (χ2n) is 9.56. The molecule has 1 N–H and O–H groups in total. The predicted octanol–water partition coefficient (Wildman–Crippen LogP) is 3.19. The molecule has 2 fully saturated rings. The van der Waals surface area contributed by atoms with Gasteiger partial charge in [-0.15, -0.1) is 0 Å². The highest BCUT2D eigenvalue weighted by Gasteiger charge is 2.31. The van der Waals surface area contributed by atoms with Gasteiger partial charge in [-0.3, -0.25) is 9.78 Å². The first kappa shape index (κ1) is 22.7. The van der Waals surface area contributed by atoms with E-state index in [1.807, 2.05) is 12.1 Å². The standard InChI is InChI=1S/C25H33FN4O2/c1-25(2,32)23-9-7-21(17-27-23)30-10-4-5-18(24(30)31)15-19-16-20(26)6-8-22(19)29-13-11-28(3)12-14-29/h6-9,16-18,32H,4-5,10-15H2,1-3H3. The number of rotatable bonds is 5. The number of piperazine rings is 1. The second kappa shape index (κ2) is 9.16. The third kappa shape index (κ3) is 4.94. The molecule has 7 heteroatoms. The van der Waals surface area contributed by atoms with E-state index in [0.29, 0.717) is 18.7 Å². The molecule has 0 radical (unpaired) electrons. The van der Waals surface area contributed by atoms with Gasteiger partial charge in [0.15, 0.2) is 0 Å². The highest BCUT2D eigenvalue weighted by Crippen LogP contribution is 2.31. The molecule has 2 aromatic rings. The van der Waals surface area contributed by atoms with Crippen LogP contribution in [-0.2, 0) is 16.8 Å². The van der Waals surface area contributed by atoms with Crippen molar-refractivity contribution in [2.75, 3.05) is 49.6 Å². The first-order chi connectivity index (χ1) is 15.2. The molecule has 2 aliphatic heterocycles. The molecule has 2 aliphatic rings. The van der Waals surface area contributed by atoms with Gasteiger partial charge in [0.1, 0.15) is 11.4 Å². The maximum Gasteiger partial charge on any atom is 0.230 e. The molecule has 1 aromatic carbocycles. The van der Waals surface area contributed by atoms with Crippen LogP contribution >= 0.6 is 0 Å². The number of pyridine rings is 1. The Hall–Kier alpha value is -2.51. The van der Waals surface area contributed by atoms with Crippen LogP contribution in [0.5, 0.6) is 0 Å². The van der Waals surface area contributed by atoms with Gasteiger partial charge >= 0.3 is 0 Å². The monoisotopic (exact) mass is 440 g/mol. The lowest BCUT2D eigenvalue weighted by atomic mass is 9.89. The molecule has 1 unspecified atom stereocenters. The third-order valence-electron chi connectivity index (χ3n) is 6.59. The molecule has 3 heterocycles. The number of piperidine rings is 1. The molecule has 0 saturated carbocycles. The van der Waals surface area contributed by atoms with Crippen LogP contribution in [0.15, 0.2) is 36.5 Å². The van der Waals surface area contributed by atoms with Crippen molar-refractivity contribution in [1.82, 2.24) is 9.88 Å². The Bertz CT molecular complexity index is 949. The number of hydrogen-bond acceptors (Lipinski definition) is 5. The van der Waals surface area contributed by atoms with Gasteiger partial charge in [-0.05, 0) is 76.1 Å².